The lowest BCUT2D eigenvalue weighted by Gasteiger charge is -2.32. The Morgan fingerprint density at radius 2 is 1.81 bits per heavy atom. The van der Waals surface area contributed by atoms with Crippen molar-refractivity contribution in [3.63, 3.8) is 0 Å². The van der Waals surface area contributed by atoms with Gasteiger partial charge in [0.05, 0.1) is 4.83 Å². The van der Waals surface area contributed by atoms with Crippen LogP contribution in [0.25, 0.3) is 0 Å². The number of nitrogens with one attached hydrogen (secondary N) is 1. The van der Waals surface area contributed by atoms with E-state index in [1.165, 1.54) is 4.90 Å². The van der Waals surface area contributed by atoms with Gasteiger partial charge in [-0.1, -0.05) is 15.9 Å². The first-order valence-corrected chi connectivity index (χ1v) is 8.09. The quantitative estimate of drug-likeness (QED) is 0.615. The number of halogens is 1. The molecule has 7 heteroatoms. The molecule has 21 heavy (non-hydrogen) atoms. The molecule has 2 aliphatic rings. The molecule has 2 rings (SSSR count). The van der Waals surface area contributed by atoms with E-state index in [9.17, 15) is 14.4 Å². The van der Waals surface area contributed by atoms with Crippen molar-refractivity contribution in [3.8, 4) is 0 Å². The fourth-order valence-corrected chi connectivity index (χ4v) is 3.19. The molecule has 0 bridgehead atoms. The van der Waals surface area contributed by atoms with Crippen molar-refractivity contribution < 1.29 is 19.1 Å². The molecule has 3 amide bonds. The van der Waals surface area contributed by atoms with Crippen molar-refractivity contribution in [2.45, 2.75) is 63.0 Å². The molecule has 2 atom stereocenters. The zero-order valence-electron chi connectivity index (χ0n) is 12.5. The highest BCUT2D eigenvalue weighted by molar-refractivity contribution is 9.09. The Hall–Kier alpha value is -1.11. The van der Waals surface area contributed by atoms with Crippen LogP contribution in [0.4, 0.5) is 4.79 Å². The van der Waals surface area contributed by atoms with Crippen LogP contribution in [0.5, 0.6) is 0 Å². The zero-order valence-corrected chi connectivity index (χ0v) is 14.1. The van der Waals surface area contributed by atoms with Gasteiger partial charge in [-0.3, -0.25) is 19.8 Å². The highest BCUT2D eigenvalue weighted by Gasteiger charge is 2.44. The SMILES string of the molecule is CC(C)(C)OC(=O)N[C@H]([C@H](Br)C1CC1)N1C(=O)CCC1=O. The summed E-state index contributed by atoms with van der Waals surface area (Å²) in [6, 6.07) is 0. The van der Waals surface area contributed by atoms with Crippen LogP contribution in [0.15, 0.2) is 0 Å². The molecule has 6 nitrogen and oxygen atoms in total. The second-order valence-electron chi connectivity index (χ2n) is 6.53. The van der Waals surface area contributed by atoms with E-state index in [1.807, 2.05) is 0 Å². The van der Waals surface area contributed by atoms with Gasteiger partial charge in [-0.2, -0.15) is 0 Å². The Bertz CT molecular complexity index is 440. The van der Waals surface area contributed by atoms with Crippen molar-refractivity contribution in [3.05, 3.63) is 0 Å². The van der Waals surface area contributed by atoms with Gasteiger partial charge < -0.3 is 4.74 Å². The largest absolute Gasteiger partial charge is 0.444 e. The van der Waals surface area contributed by atoms with E-state index in [2.05, 4.69) is 21.2 Å². The number of nitrogens with zero attached hydrogens (tertiary/aromatic N) is 1. The number of alkyl carbamates (subject to hydrolysis) is 1. The minimum Gasteiger partial charge on any atom is -0.444 e. The van der Waals surface area contributed by atoms with Gasteiger partial charge in [0.1, 0.15) is 11.8 Å². The summed E-state index contributed by atoms with van der Waals surface area (Å²) in [7, 11) is 0. The standard InChI is InChI=1S/C14H21BrN2O4/c1-14(2,3)21-13(20)16-12(11(15)8-4-5-8)17-9(18)6-7-10(17)19/h8,11-12H,4-7H2,1-3H3,(H,16,20)/t11-,12+/m1/s1. The van der Waals surface area contributed by atoms with E-state index < -0.39 is 17.9 Å². The molecule has 0 aromatic carbocycles. The summed E-state index contributed by atoms with van der Waals surface area (Å²) in [6.45, 7) is 5.29. The molecule has 118 valence electrons. The minimum atomic E-state index is -0.685. The van der Waals surface area contributed by atoms with Crippen LogP contribution >= 0.6 is 15.9 Å². The summed E-state index contributed by atoms with van der Waals surface area (Å²) in [5.74, 6) is -0.122. The number of hydrogen-bond donors (Lipinski definition) is 1. The Kier molecular flexibility index (Phi) is 4.60. The van der Waals surface area contributed by atoms with E-state index in [0.29, 0.717) is 5.92 Å². The van der Waals surface area contributed by atoms with Gasteiger partial charge in [0, 0.05) is 12.8 Å². The van der Waals surface area contributed by atoms with Gasteiger partial charge in [0.2, 0.25) is 11.8 Å². The molecule has 0 unspecified atom stereocenters. The first kappa shape index (κ1) is 16.3. The topological polar surface area (TPSA) is 75.7 Å². The first-order chi connectivity index (χ1) is 9.69. The lowest BCUT2D eigenvalue weighted by Crippen LogP contribution is -2.56. The van der Waals surface area contributed by atoms with Crippen molar-refractivity contribution >= 4 is 33.8 Å². The molecule has 0 aromatic rings. The molecule has 1 N–H and O–H groups in total. The van der Waals surface area contributed by atoms with Crippen LogP contribution in [0, 0.1) is 5.92 Å². The summed E-state index contributed by atoms with van der Waals surface area (Å²) < 4.78 is 5.23. The van der Waals surface area contributed by atoms with Gasteiger partial charge in [-0.05, 0) is 39.5 Å². The maximum atomic E-state index is 12.0. The molecule has 1 aliphatic carbocycles. The Balaban J connectivity index is 2.10. The molecule has 1 heterocycles. The predicted molar refractivity (Wildman–Crippen MR) is 79.7 cm³/mol. The predicted octanol–water partition coefficient (Wildman–Crippen LogP) is 2.16. The number of hydrogen-bond acceptors (Lipinski definition) is 4. The number of alkyl halides is 1. The second-order valence-corrected chi connectivity index (χ2v) is 7.59. The monoisotopic (exact) mass is 360 g/mol. The molecular weight excluding hydrogens is 340 g/mol. The minimum absolute atomic E-state index is 0.143. The number of ether oxygens (including phenoxy) is 1. The lowest BCUT2D eigenvalue weighted by molar-refractivity contribution is -0.141. The van der Waals surface area contributed by atoms with Crippen LogP contribution < -0.4 is 5.32 Å². The van der Waals surface area contributed by atoms with E-state index in [-0.39, 0.29) is 29.5 Å². The van der Waals surface area contributed by atoms with Crippen LogP contribution in [0.1, 0.15) is 46.5 Å². The molecule has 0 spiro atoms. The lowest BCUT2D eigenvalue weighted by atomic mass is 10.2. The van der Waals surface area contributed by atoms with Crippen molar-refractivity contribution in [2.75, 3.05) is 0 Å². The fourth-order valence-electron chi connectivity index (χ4n) is 2.29. The van der Waals surface area contributed by atoms with Gasteiger partial charge in [-0.25, -0.2) is 4.79 Å². The van der Waals surface area contributed by atoms with Crippen molar-refractivity contribution in [2.24, 2.45) is 5.92 Å². The van der Waals surface area contributed by atoms with Gasteiger partial charge in [-0.15, -0.1) is 0 Å². The van der Waals surface area contributed by atoms with Crippen LogP contribution in [0.3, 0.4) is 0 Å². The van der Waals surface area contributed by atoms with Gasteiger partial charge in [0.15, 0.2) is 0 Å². The number of carbonyl (C=O) groups excluding carboxylic acids is 3. The summed E-state index contributed by atoms with van der Waals surface area (Å²) in [6.07, 6.45) is 1.16. The molecule has 0 aromatic heterocycles. The van der Waals surface area contributed by atoms with E-state index in [0.717, 1.165) is 12.8 Å². The highest BCUT2D eigenvalue weighted by atomic mass is 79.9. The fraction of sp³-hybridized carbons (Fsp3) is 0.786. The van der Waals surface area contributed by atoms with Crippen molar-refractivity contribution in [1.82, 2.24) is 10.2 Å². The summed E-state index contributed by atoms with van der Waals surface area (Å²) in [5, 5.41) is 2.67. The number of imide groups is 1. The molecule has 2 fully saturated rings. The molecule has 1 saturated carbocycles. The van der Waals surface area contributed by atoms with E-state index in [1.54, 1.807) is 20.8 Å². The average molecular weight is 361 g/mol. The van der Waals surface area contributed by atoms with Crippen LogP contribution in [-0.4, -0.2) is 39.4 Å². The average Bonchev–Trinajstić information content (AvgIpc) is 3.12. The Morgan fingerprint density at radius 1 is 1.29 bits per heavy atom. The third-order valence-electron chi connectivity index (χ3n) is 3.41. The smallest absolute Gasteiger partial charge is 0.409 e. The number of likely N-dealkylation sites (tertiary alicyclic amines) is 1. The zero-order chi connectivity index (χ0) is 15.8. The van der Waals surface area contributed by atoms with E-state index in [4.69, 9.17) is 4.74 Å². The van der Waals surface area contributed by atoms with Crippen molar-refractivity contribution in [1.29, 1.82) is 0 Å². The normalized spacial score (nSPS) is 22.2. The molecule has 1 aliphatic heterocycles. The highest BCUT2D eigenvalue weighted by Crippen LogP contribution is 2.39. The van der Waals surface area contributed by atoms with Gasteiger partial charge in [0.25, 0.3) is 0 Å². The van der Waals surface area contributed by atoms with Crippen LogP contribution in [0.2, 0.25) is 0 Å². The molecule has 0 radical (unpaired) electrons. The first-order valence-electron chi connectivity index (χ1n) is 7.17. The molecular formula is C14H21BrN2O4. The summed E-state index contributed by atoms with van der Waals surface area (Å²) in [5.41, 5.74) is -0.630. The van der Waals surface area contributed by atoms with E-state index >= 15 is 0 Å². The van der Waals surface area contributed by atoms with Gasteiger partial charge >= 0.3 is 6.09 Å². The van der Waals surface area contributed by atoms with Crippen LogP contribution in [-0.2, 0) is 14.3 Å². The Labute approximate surface area is 132 Å². The maximum absolute atomic E-state index is 12.0. The summed E-state index contributed by atoms with van der Waals surface area (Å²) in [4.78, 5) is 36.9. The second kappa shape index (κ2) is 5.94. The number of amides is 3. The maximum Gasteiger partial charge on any atom is 0.409 e. The molecule has 1 saturated heterocycles. The number of carbonyl (C=O) groups is 3. The number of rotatable bonds is 4. The summed E-state index contributed by atoms with van der Waals surface area (Å²) >= 11 is 3.53. The third-order valence-corrected chi connectivity index (χ3v) is 4.66. The Morgan fingerprint density at radius 3 is 2.24 bits per heavy atom. The third kappa shape index (κ3) is 4.18.